The van der Waals surface area contributed by atoms with Crippen LogP contribution in [0.4, 0.5) is 5.69 Å². The van der Waals surface area contributed by atoms with Gasteiger partial charge in [-0.1, -0.05) is 30.3 Å². The molecule has 0 saturated heterocycles. The molecule has 0 atom stereocenters. The molecule has 4 rings (SSSR count). The average molecular weight is 499 g/mol. The highest BCUT2D eigenvalue weighted by molar-refractivity contribution is 6.01. The minimum Gasteiger partial charge on any atom is -0.507 e. The molecule has 0 saturated carbocycles. The molecule has 0 unspecified atom stereocenters. The number of phenols is 1. The summed E-state index contributed by atoms with van der Waals surface area (Å²) in [5.41, 5.74) is 3.02. The molecule has 2 N–H and O–H groups in total. The number of fused-ring (bicyclic) bond motifs is 1. The summed E-state index contributed by atoms with van der Waals surface area (Å²) in [6, 6.07) is 19.1. The van der Waals surface area contributed by atoms with Crippen molar-refractivity contribution in [3.8, 4) is 17.2 Å². The van der Waals surface area contributed by atoms with E-state index in [1.165, 1.54) is 56.6 Å². The van der Waals surface area contributed by atoms with Gasteiger partial charge in [0.2, 0.25) is 0 Å². The molecule has 37 heavy (non-hydrogen) atoms. The lowest BCUT2D eigenvalue weighted by Crippen LogP contribution is -2.17. The molecule has 0 aromatic heterocycles. The zero-order chi connectivity index (χ0) is 26.5. The number of nitrogens with zero attached hydrogens (tertiary/aromatic N) is 2. The van der Waals surface area contributed by atoms with E-state index in [0.29, 0.717) is 5.56 Å². The fourth-order valence-electron chi connectivity index (χ4n) is 3.68. The summed E-state index contributed by atoms with van der Waals surface area (Å²) < 4.78 is 10.7. The van der Waals surface area contributed by atoms with Crippen molar-refractivity contribution in [3.05, 3.63) is 105 Å². The molecule has 0 aliphatic carbocycles. The third-order valence-electron chi connectivity index (χ3n) is 5.60. The average Bonchev–Trinajstić information content (AvgIpc) is 2.88. The first-order valence-corrected chi connectivity index (χ1v) is 11.0. The predicted octanol–water partition coefficient (Wildman–Crippen LogP) is 4.75. The first-order chi connectivity index (χ1) is 17.8. The topological polar surface area (TPSA) is 140 Å². The number of nitro groups is 1. The van der Waals surface area contributed by atoms with E-state index in [1.807, 2.05) is 24.3 Å². The molecule has 0 heterocycles. The molecule has 0 spiro atoms. The van der Waals surface area contributed by atoms with Crippen LogP contribution < -0.4 is 14.9 Å². The number of hydrogen-bond donors (Lipinski definition) is 2. The van der Waals surface area contributed by atoms with E-state index < -0.39 is 16.8 Å². The maximum atomic E-state index is 12.7. The van der Waals surface area contributed by atoms with Gasteiger partial charge in [-0.3, -0.25) is 14.9 Å². The van der Waals surface area contributed by atoms with Crippen LogP contribution in [0.5, 0.6) is 17.2 Å². The summed E-state index contributed by atoms with van der Waals surface area (Å²) >= 11 is 0. The summed E-state index contributed by atoms with van der Waals surface area (Å²) in [5, 5.41) is 26.9. The molecule has 10 nitrogen and oxygen atoms in total. The van der Waals surface area contributed by atoms with Gasteiger partial charge in [0.15, 0.2) is 11.5 Å². The van der Waals surface area contributed by atoms with Gasteiger partial charge in [-0.2, -0.15) is 5.10 Å². The van der Waals surface area contributed by atoms with Crippen LogP contribution in [0.2, 0.25) is 0 Å². The second kappa shape index (κ2) is 10.6. The predicted molar refractivity (Wildman–Crippen MR) is 136 cm³/mol. The first-order valence-electron chi connectivity index (χ1n) is 11.0. The van der Waals surface area contributed by atoms with Crippen LogP contribution in [-0.2, 0) is 0 Å². The highest BCUT2D eigenvalue weighted by Gasteiger charge is 2.20. The van der Waals surface area contributed by atoms with Crippen molar-refractivity contribution < 1.29 is 29.1 Å². The van der Waals surface area contributed by atoms with Crippen LogP contribution in [0.25, 0.3) is 10.8 Å². The molecule has 0 aliphatic heterocycles. The van der Waals surface area contributed by atoms with Crippen LogP contribution in [0.3, 0.4) is 0 Å². The third-order valence-corrected chi connectivity index (χ3v) is 5.60. The zero-order valence-corrected chi connectivity index (χ0v) is 19.8. The number of aromatic hydroxyl groups is 1. The van der Waals surface area contributed by atoms with Gasteiger partial charge in [0.25, 0.3) is 11.6 Å². The highest BCUT2D eigenvalue weighted by atomic mass is 16.6. The van der Waals surface area contributed by atoms with Gasteiger partial charge in [0, 0.05) is 11.6 Å². The quantitative estimate of drug-likeness (QED) is 0.123. The number of esters is 1. The number of carbonyl (C=O) groups is 2. The van der Waals surface area contributed by atoms with Crippen LogP contribution in [0.15, 0.2) is 77.9 Å². The maximum Gasteiger partial charge on any atom is 0.344 e. The van der Waals surface area contributed by atoms with Crippen LogP contribution in [0.1, 0.15) is 31.8 Å². The Labute approximate surface area is 210 Å². The molecule has 0 aliphatic rings. The van der Waals surface area contributed by atoms with Crippen molar-refractivity contribution in [2.75, 3.05) is 7.11 Å². The highest BCUT2D eigenvalue weighted by Crippen LogP contribution is 2.30. The van der Waals surface area contributed by atoms with Gasteiger partial charge in [0.1, 0.15) is 5.75 Å². The second-order valence-electron chi connectivity index (χ2n) is 7.92. The summed E-state index contributed by atoms with van der Waals surface area (Å²) in [6.07, 6.45) is 1.36. The van der Waals surface area contributed by atoms with Crippen molar-refractivity contribution in [1.82, 2.24) is 5.43 Å². The summed E-state index contributed by atoms with van der Waals surface area (Å²) in [7, 11) is 1.39. The molecule has 10 heteroatoms. The smallest absolute Gasteiger partial charge is 0.344 e. The molecular weight excluding hydrogens is 478 g/mol. The molecule has 0 fully saturated rings. The Bertz CT molecular complexity index is 1560. The second-order valence-corrected chi connectivity index (χ2v) is 7.92. The van der Waals surface area contributed by atoms with E-state index in [9.17, 15) is 24.8 Å². The van der Waals surface area contributed by atoms with Crippen molar-refractivity contribution in [1.29, 1.82) is 0 Å². The fourth-order valence-corrected chi connectivity index (χ4v) is 3.68. The molecule has 4 aromatic rings. The van der Waals surface area contributed by atoms with E-state index >= 15 is 0 Å². The van der Waals surface area contributed by atoms with Gasteiger partial charge in [-0.05, 0) is 59.7 Å². The SMILES string of the molecule is COc1cc(/C=N\NC(=O)c2cc3ccccc3cc2O)ccc1OC(=O)c1cccc([N+](=O)[O-])c1C. The number of nitro benzene ring substituents is 1. The largest absolute Gasteiger partial charge is 0.507 e. The Kier molecular flexibility index (Phi) is 7.10. The van der Waals surface area contributed by atoms with Gasteiger partial charge >= 0.3 is 5.97 Å². The standard InChI is InChI=1S/C27H21N3O7/c1-16-20(8-5-9-22(16)30(34)35)27(33)37-24-11-10-17(12-25(24)36-2)15-28-29-26(32)21-13-18-6-3-4-7-19(18)14-23(21)31/h3-15,31H,1-2H3,(H,29,32)/b28-15-. The number of hydrazone groups is 1. The van der Waals surface area contributed by atoms with Gasteiger partial charge in [-0.15, -0.1) is 0 Å². The Balaban J connectivity index is 1.47. The Morgan fingerprint density at radius 3 is 2.41 bits per heavy atom. The molecule has 4 aromatic carbocycles. The fraction of sp³-hybridized carbons (Fsp3) is 0.0741. The summed E-state index contributed by atoms with van der Waals surface area (Å²) in [6.45, 7) is 1.47. The number of ether oxygens (including phenoxy) is 2. The number of carbonyl (C=O) groups excluding carboxylic acids is 2. The minimum atomic E-state index is -0.775. The number of amides is 1. The number of nitrogens with one attached hydrogen (secondary N) is 1. The van der Waals surface area contributed by atoms with Gasteiger partial charge < -0.3 is 14.6 Å². The lowest BCUT2D eigenvalue weighted by Gasteiger charge is -2.11. The Hall–Kier alpha value is -5.25. The van der Waals surface area contributed by atoms with E-state index in [-0.39, 0.29) is 39.6 Å². The Morgan fingerprint density at radius 2 is 1.70 bits per heavy atom. The van der Waals surface area contributed by atoms with Crippen LogP contribution >= 0.6 is 0 Å². The molecule has 0 radical (unpaired) electrons. The van der Waals surface area contributed by atoms with Crippen LogP contribution in [0, 0.1) is 17.0 Å². The van der Waals surface area contributed by atoms with E-state index in [1.54, 1.807) is 12.1 Å². The lowest BCUT2D eigenvalue weighted by molar-refractivity contribution is -0.385. The first kappa shape index (κ1) is 24.9. The summed E-state index contributed by atoms with van der Waals surface area (Å²) in [5.74, 6) is -1.23. The number of rotatable bonds is 7. The van der Waals surface area contributed by atoms with Crippen molar-refractivity contribution in [2.24, 2.45) is 5.10 Å². The lowest BCUT2D eigenvalue weighted by atomic mass is 10.1. The van der Waals surface area contributed by atoms with E-state index in [2.05, 4.69) is 10.5 Å². The van der Waals surface area contributed by atoms with Crippen molar-refractivity contribution in [3.63, 3.8) is 0 Å². The maximum absolute atomic E-state index is 12.7. The number of methoxy groups -OCH3 is 1. The third kappa shape index (κ3) is 5.38. The molecular formula is C27H21N3O7. The molecule has 186 valence electrons. The molecule has 1 amide bonds. The van der Waals surface area contributed by atoms with Gasteiger partial charge in [0.05, 0.1) is 29.4 Å². The Morgan fingerprint density at radius 1 is 0.973 bits per heavy atom. The van der Waals surface area contributed by atoms with E-state index in [0.717, 1.165) is 10.8 Å². The minimum absolute atomic E-state index is 0.0570. The van der Waals surface area contributed by atoms with Crippen molar-refractivity contribution >= 4 is 34.6 Å². The zero-order valence-electron chi connectivity index (χ0n) is 19.8. The molecule has 0 bridgehead atoms. The monoisotopic (exact) mass is 499 g/mol. The van der Waals surface area contributed by atoms with Gasteiger partial charge in [-0.25, -0.2) is 10.2 Å². The number of benzene rings is 4. The van der Waals surface area contributed by atoms with Crippen LogP contribution in [-0.4, -0.2) is 35.2 Å². The number of hydrogen-bond acceptors (Lipinski definition) is 8. The number of phenolic OH excluding ortho intramolecular Hbond substituents is 1. The normalized spacial score (nSPS) is 10.9. The van der Waals surface area contributed by atoms with Crippen molar-refractivity contribution in [2.45, 2.75) is 6.92 Å². The van der Waals surface area contributed by atoms with E-state index in [4.69, 9.17) is 9.47 Å². The summed E-state index contributed by atoms with van der Waals surface area (Å²) in [4.78, 5) is 35.8.